The van der Waals surface area contributed by atoms with E-state index in [1.165, 1.54) is 7.11 Å². The van der Waals surface area contributed by atoms with Crippen molar-refractivity contribution in [3.63, 3.8) is 0 Å². The Morgan fingerprint density at radius 2 is 2.05 bits per heavy atom. The van der Waals surface area contributed by atoms with E-state index in [-0.39, 0.29) is 18.5 Å². The van der Waals surface area contributed by atoms with Crippen LogP contribution < -0.4 is 5.32 Å². The molecule has 1 heterocycles. The number of esters is 1. The first-order valence-corrected chi connectivity index (χ1v) is 7.50. The zero-order chi connectivity index (χ0) is 15.9. The van der Waals surface area contributed by atoms with Crippen LogP contribution in [-0.2, 0) is 9.53 Å². The molecular weight excluding hydrogens is 282 g/mol. The minimum Gasteiger partial charge on any atom is -0.468 e. The number of urea groups is 1. The van der Waals surface area contributed by atoms with Gasteiger partial charge in [0.05, 0.1) is 13.7 Å². The third-order valence-electron chi connectivity index (χ3n) is 3.73. The summed E-state index contributed by atoms with van der Waals surface area (Å²) < 4.78 is 4.68. The molecule has 6 heteroatoms. The van der Waals surface area contributed by atoms with Crippen LogP contribution in [0, 0.1) is 6.92 Å². The average Bonchev–Trinajstić information content (AvgIpc) is 2.73. The summed E-state index contributed by atoms with van der Waals surface area (Å²) in [5.74, 6) is -0.238. The van der Waals surface area contributed by atoms with Crippen molar-refractivity contribution in [2.45, 2.75) is 13.3 Å². The number of carbonyl (C=O) groups is 2. The lowest BCUT2D eigenvalue weighted by atomic mass is 10.2. The van der Waals surface area contributed by atoms with Crippen molar-refractivity contribution in [3.8, 4) is 0 Å². The smallest absolute Gasteiger partial charge is 0.321 e. The predicted octanol–water partition coefficient (Wildman–Crippen LogP) is 1.71. The Morgan fingerprint density at radius 3 is 2.77 bits per heavy atom. The van der Waals surface area contributed by atoms with Crippen LogP contribution in [0.3, 0.4) is 0 Å². The van der Waals surface area contributed by atoms with E-state index in [1.807, 2.05) is 36.1 Å². The molecule has 1 saturated heterocycles. The standard InChI is InChI=1S/C16H23N3O3/c1-13-5-3-6-14(11-13)17-16(21)19-8-4-7-18(9-10-19)12-15(20)22-2/h3,5-6,11H,4,7-10,12H2,1-2H3,(H,17,21). The zero-order valence-electron chi connectivity index (χ0n) is 13.2. The molecule has 6 nitrogen and oxygen atoms in total. The number of anilines is 1. The number of amides is 2. The van der Waals surface area contributed by atoms with Crippen molar-refractivity contribution in [1.29, 1.82) is 0 Å². The molecule has 0 bridgehead atoms. The van der Waals surface area contributed by atoms with Crippen LogP contribution in [0.15, 0.2) is 24.3 Å². The van der Waals surface area contributed by atoms with Gasteiger partial charge in [-0.1, -0.05) is 12.1 Å². The summed E-state index contributed by atoms with van der Waals surface area (Å²) in [6, 6.07) is 7.65. The van der Waals surface area contributed by atoms with Gasteiger partial charge in [0.2, 0.25) is 0 Å². The second kappa shape index (κ2) is 7.79. The van der Waals surface area contributed by atoms with E-state index in [1.54, 1.807) is 4.90 Å². The molecular formula is C16H23N3O3. The Bertz CT molecular complexity index is 533. The SMILES string of the molecule is COC(=O)CN1CCCN(C(=O)Nc2cccc(C)c2)CC1. The fraction of sp³-hybridized carbons (Fsp3) is 0.500. The first-order valence-electron chi connectivity index (χ1n) is 7.50. The molecule has 1 aromatic carbocycles. The van der Waals surface area contributed by atoms with Gasteiger partial charge >= 0.3 is 12.0 Å². The van der Waals surface area contributed by atoms with Gasteiger partial charge in [0.15, 0.2) is 0 Å². The van der Waals surface area contributed by atoms with Crippen LogP contribution in [-0.4, -0.2) is 61.6 Å². The molecule has 120 valence electrons. The minimum absolute atomic E-state index is 0.0921. The Labute approximate surface area is 131 Å². The van der Waals surface area contributed by atoms with Crippen molar-refractivity contribution < 1.29 is 14.3 Å². The van der Waals surface area contributed by atoms with E-state index in [9.17, 15) is 9.59 Å². The number of hydrogen-bond acceptors (Lipinski definition) is 4. The molecule has 22 heavy (non-hydrogen) atoms. The highest BCUT2D eigenvalue weighted by Gasteiger charge is 2.20. The van der Waals surface area contributed by atoms with Crippen molar-refractivity contribution in [3.05, 3.63) is 29.8 Å². The van der Waals surface area contributed by atoms with E-state index in [0.717, 1.165) is 24.2 Å². The summed E-state index contributed by atoms with van der Waals surface area (Å²) >= 11 is 0. The summed E-state index contributed by atoms with van der Waals surface area (Å²) in [7, 11) is 1.39. The summed E-state index contributed by atoms with van der Waals surface area (Å²) in [4.78, 5) is 27.5. The Kier molecular flexibility index (Phi) is 5.77. The van der Waals surface area contributed by atoms with Gasteiger partial charge in [-0.2, -0.15) is 0 Å². The quantitative estimate of drug-likeness (QED) is 0.864. The van der Waals surface area contributed by atoms with Gasteiger partial charge in [-0.25, -0.2) is 4.79 Å². The van der Waals surface area contributed by atoms with Gasteiger partial charge in [-0.15, -0.1) is 0 Å². The van der Waals surface area contributed by atoms with Crippen LogP contribution in [0.4, 0.5) is 10.5 Å². The molecule has 0 aliphatic carbocycles. The molecule has 0 unspecified atom stereocenters. The van der Waals surface area contributed by atoms with Gasteiger partial charge in [0, 0.05) is 31.9 Å². The lowest BCUT2D eigenvalue weighted by molar-refractivity contribution is -0.141. The Hall–Kier alpha value is -2.08. The molecule has 0 aromatic heterocycles. The van der Waals surface area contributed by atoms with E-state index < -0.39 is 0 Å². The molecule has 1 fully saturated rings. The second-order valence-corrected chi connectivity index (χ2v) is 5.49. The van der Waals surface area contributed by atoms with Crippen molar-refractivity contribution in [1.82, 2.24) is 9.80 Å². The van der Waals surface area contributed by atoms with Crippen LogP contribution in [0.1, 0.15) is 12.0 Å². The first-order chi connectivity index (χ1) is 10.6. The number of nitrogens with one attached hydrogen (secondary N) is 1. The van der Waals surface area contributed by atoms with E-state index in [4.69, 9.17) is 0 Å². The molecule has 1 aromatic rings. The van der Waals surface area contributed by atoms with Crippen molar-refractivity contribution >= 4 is 17.7 Å². The number of methoxy groups -OCH3 is 1. The largest absolute Gasteiger partial charge is 0.468 e. The van der Waals surface area contributed by atoms with E-state index >= 15 is 0 Å². The fourth-order valence-corrected chi connectivity index (χ4v) is 2.50. The summed E-state index contributed by atoms with van der Waals surface area (Å²) in [5, 5.41) is 2.92. The molecule has 0 radical (unpaired) electrons. The van der Waals surface area contributed by atoms with E-state index in [0.29, 0.717) is 19.6 Å². The molecule has 2 amide bonds. The monoisotopic (exact) mass is 305 g/mol. The molecule has 0 saturated carbocycles. The molecule has 0 spiro atoms. The number of carbonyl (C=O) groups excluding carboxylic acids is 2. The van der Waals surface area contributed by atoms with Gasteiger partial charge in [0.1, 0.15) is 0 Å². The maximum atomic E-state index is 12.3. The lowest BCUT2D eigenvalue weighted by Gasteiger charge is -2.22. The lowest BCUT2D eigenvalue weighted by Crippen LogP contribution is -2.39. The van der Waals surface area contributed by atoms with Crippen LogP contribution in [0.25, 0.3) is 0 Å². The minimum atomic E-state index is -0.238. The number of hydrogen-bond donors (Lipinski definition) is 1. The summed E-state index contributed by atoms with van der Waals surface area (Å²) in [6.45, 7) is 5.04. The van der Waals surface area contributed by atoms with Gasteiger partial charge in [-0.3, -0.25) is 9.69 Å². The Morgan fingerprint density at radius 1 is 1.23 bits per heavy atom. The molecule has 0 atom stereocenters. The van der Waals surface area contributed by atoms with Crippen LogP contribution in [0.5, 0.6) is 0 Å². The molecule has 1 N–H and O–H groups in total. The first kappa shape index (κ1) is 16.3. The van der Waals surface area contributed by atoms with Gasteiger partial charge in [-0.05, 0) is 31.0 Å². The van der Waals surface area contributed by atoms with Gasteiger partial charge < -0.3 is 15.0 Å². The van der Waals surface area contributed by atoms with Crippen LogP contribution >= 0.6 is 0 Å². The zero-order valence-corrected chi connectivity index (χ0v) is 13.2. The summed E-state index contributed by atoms with van der Waals surface area (Å²) in [6.07, 6.45) is 0.845. The molecule has 2 rings (SSSR count). The highest BCUT2D eigenvalue weighted by molar-refractivity contribution is 5.89. The number of ether oxygens (including phenoxy) is 1. The normalized spacial score (nSPS) is 16.0. The fourth-order valence-electron chi connectivity index (χ4n) is 2.50. The second-order valence-electron chi connectivity index (χ2n) is 5.49. The number of benzene rings is 1. The average molecular weight is 305 g/mol. The predicted molar refractivity (Wildman–Crippen MR) is 84.8 cm³/mol. The van der Waals surface area contributed by atoms with Crippen LogP contribution in [0.2, 0.25) is 0 Å². The number of aryl methyl sites for hydroxylation is 1. The molecule has 1 aliphatic rings. The number of nitrogens with zero attached hydrogens (tertiary/aromatic N) is 2. The molecule has 1 aliphatic heterocycles. The highest BCUT2D eigenvalue weighted by atomic mass is 16.5. The van der Waals surface area contributed by atoms with Crippen molar-refractivity contribution in [2.24, 2.45) is 0 Å². The maximum absolute atomic E-state index is 12.3. The Balaban J connectivity index is 1.87. The summed E-state index contributed by atoms with van der Waals surface area (Å²) in [5.41, 5.74) is 1.92. The van der Waals surface area contributed by atoms with E-state index in [2.05, 4.69) is 10.1 Å². The highest BCUT2D eigenvalue weighted by Crippen LogP contribution is 2.11. The van der Waals surface area contributed by atoms with Gasteiger partial charge in [0.25, 0.3) is 0 Å². The topological polar surface area (TPSA) is 61.9 Å². The maximum Gasteiger partial charge on any atom is 0.321 e. The van der Waals surface area contributed by atoms with Crippen molar-refractivity contribution in [2.75, 3.05) is 45.2 Å². The third kappa shape index (κ3) is 4.73. The number of rotatable bonds is 3. The third-order valence-corrected chi connectivity index (χ3v) is 3.73.